The van der Waals surface area contributed by atoms with Crippen molar-refractivity contribution in [3.63, 3.8) is 0 Å². The van der Waals surface area contributed by atoms with Gasteiger partial charge in [-0.1, -0.05) is 83.9 Å². The zero-order valence-corrected chi connectivity index (χ0v) is 25.6. The Hall–Kier alpha value is -3.32. The first-order valence-corrected chi connectivity index (χ1v) is 15.3. The Morgan fingerprint density at radius 3 is 2.52 bits per heavy atom. The Labute approximate surface area is 258 Å². The van der Waals surface area contributed by atoms with Crippen LogP contribution in [0.3, 0.4) is 0 Å². The minimum atomic E-state index is -0.206. The van der Waals surface area contributed by atoms with Crippen LogP contribution >= 0.6 is 23.2 Å². The number of halogens is 2. The quantitative estimate of drug-likeness (QED) is 0.286. The highest BCUT2D eigenvalue weighted by molar-refractivity contribution is 6.42. The number of carbonyl (C=O) groups is 2. The van der Waals surface area contributed by atoms with Crippen molar-refractivity contribution >= 4 is 40.6 Å². The van der Waals surface area contributed by atoms with E-state index < -0.39 is 0 Å². The van der Waals surface area contributed by atoms with E-state index in [1.807, 2.05) is 47.2 Å². The van der Waals surface area contributed by atoms with Crippen LogP contribution < -0.4 is 10.1 Å². The van der Waals surface area contributed by atoms with Crippen LogP contribution in [-0.4, -0.2) is 67.0 Å². The van der Waals surface area contributed by atoms with Crippen molar-refractivity contribution < 1.29 is 14.3 Å². The molecule has 0 radical (unpaired) electrons. The summed E-state index contributed by atoms with van der Waals surface area (Å²) in [6.07, 6.45) is 3.10. The molecule has 2 aliphatic rings. The number of nitrogens with one attached hydrogen (secondary N) is 1. The van der Waals surface area contributed by atoms with Gasteiger partial charge in [-0.05, 0) is 60.1 Å². The third-order valence-corrected chi connectivity index (χ3v) is 8.87. The summed E-state index contributed by atoms with van der Waals surface area (Å²) in [5, 5.41) is 4.55. The van der Waals surface area contributed by atoms with Crippen LogP contribution in [0.5, 0.6) is 5.75 Å². The van der Waals surface area contributed by atoms with Gasteiger partial charge in [-0.2, -0.15) is 0 Å². The standard InChI is InChI=1S/C34H37Cl2N3O3/c1-23(40)39-21-27-20-28(32(30(22-39)37-27)34(41)38(2)17-16-24-9-4-3-5-10-24)26-13-6-11-25(19-26)12-8-18-42-31-15-7-14-29(35)33(31)36/h3-7,9-11,13-15,19,27,30,37H,8,12,16-18,20-22H2,1-2H3/t27-,30-/m1/s1. The summed E-state index contributed by atoms with van der Waals surface area (Å²) in [5.41, 5.74) is 5.29. The van der Waals surface area contributed by atoms with Gasteiger partial charge in [0.05, 0.1) is 17.7 Å². The number of ether oxygens (including phenoxy) is 1. The lowest BCUT2D eigenvalue weighted by molar-refractivity contribution is -0.132. The maximum Gasteiger partial charge on any atom is 0.251 e. The van der Waals surface area contributed by atoms with Gasteiger partial charge in [0, 0.05) is 45.2 Å². The van der Waals surface area contributed by atoms with E-state index in [1.54, 1.807) is 13.0 Å². The number of benzene rings is 3. The molecule has 2 aliphatic heterocycles. The number of aryl methyl sites for hydroxylation is 1. The molecule has 3 aromatic carbocycles. The van der Waals surface area contributed by atoms with Crippen LogP contribution in [0, 0.1) is 0 Å². The van der Waals surface area contributed by atoms with Crippen LogP contribution in [0.1, 0.15) is 36.5 Å². The Balaban J connectivity index is 1.35. The van der Waals surface area contributed by atoms with Crippen LogP contribution in [0.15, 0.2) is 78.4 Å². The first kappa shape index (κ1) is 30.1. The number of piperazine rings is 1. The SMILES string of the molecule is CC(=O)N1C[C@H]2CC(c3cccc(CCCOc4cccc(Cl)c4Cl)c3)=C(C(=O)N(C)CCc3ccccc3)[C@@H](C1)N2. The Morgan fingerprint density at radius 1 is 0.976 bits per heavy atom. The highest BCUT2D eigenvalue weighted by Crippen LogP contribution is 2.35. The summed E-state index contributed by atoms with van der Waals surface area (Å²) in [5.74, 6) is 0.644. The van der Waals surface area contributed by atoms with Crippen molar-refractivity contribution in [1.29, 1.82) is 0 Å². The monoisotopic (exact) mass is 605 g/mol. The molecular formula is C34H37Cl2N3O3. The fourth-order valence-corrected chi connectivity index (χ4v) is 6.19. The van der Waals surface area contributed by atoms with Crippen molar-refractivity contribution in [2.75, 3.05) is 33.3 Å². The van der Waals surface area contributed by atoms with Gasteiger partial charge in [-0.15, -0.1) is 0 Å². The molecule has 6 nitrogen and oxygen atoms in total. The molecule has 2 atom stereocenters. The topological polar surface area (TPSA) is 61.9 Å². The Kier molecular flexibility index (Phi) is 9.88. The zero-order chi connectivity index (χ0) is 29.6. The molecule has 42 heavy (non-hydrogen) atoms. The number of fused-ring (bicyclic) bond motifs is 2. The van der Waals surface area contributed by atoms with Gasteiger partial charge >= 0.3 is 0 Å². The van der Waals surface area contributed by atoms with E-state index >= 15 is 0 Å². The van der Waals surface area contributed by atoms with E-state index in [4.69, 9.17) is 27.9 Å². The number of hydrogen-bond acceptors (Lipinski definition) is 4. The van der Waals surface area contributed by atoms with Gasteiger partial charge in [0.2, 0.25) is 5.91 Å². The number of nitrogens with zero attached hydrogens (tertiary/aromatic N) is 2. The average molecular weight is 607 g/mol. The van der Waals surface area contributed by atoms with Gasteiger partial charge in [0.25, 0.3) is 5.91 Å². The predicted octanol–water partition coefficient (Wildman–Crippen LogP) is 6.05. The summed E-state index contributed by atoms with van der Waals surface area (Å²) >= 11 is 12.4. The number of rotatable bonds is 10. The van der Waals surface area contributed by atoms with Crippen molar-refractivity contribution in [3.05, 3.63) is 105 Å². The van der Waals surface area contributed by atoms with E-state index in [-0.39, 0.29) is 23.9 Å². The van der Waals surface area contributed by atoms with E-state index in [1.165, 1.54) is 11.1 Å². The van der Waals surface area contributed by atoms with Crippen molar-refractivity contribution in [3.8, 4) is 5.75 Å². The minimum Gasteiger partial charge on any atom is -0.492 e. The molecule has 0 saturated carbocycles. The lowest BCUT2D eigenvalue weighted by atomic mass is 9.82. The molecule has 3 aromatic rings. The maximum absolute atomic E-state index is 14.0. The number of amides is 2. The molecule has 0 aliphatic carbocycles. The second-order valence-electron chi connectivity index (χ2n) is 11.1. The largest absolute Gasteiger partial charge is 0.492 e. The van der Waals surface area contributed by atoms with Gasteiger partial charge in [0.15, 0.2) is 0 Å². The second kappa shape index (κ2) is 13.8. The van der Waals surface area contributed by atoms with Gasteiger partial charge in [-0.25, -0.2) is 0 Å². The summed E-state index contributed by atoms with van der Waals surface area (Å²) in [6, 6.07) is 24.0. The molecule has 0 aromatic heterocycles. The van der Waals surface area contributed by atoms with Gasteiger partial charge in [-0.3, -0.25) is 9.59 Å². The molecule has 2 bridgehead atoms. The fraction of sp³-hybridized carbons (Fsp3) is 0.353. The van der Waals surface area contributed by atoms with E-state index in [9.17, 15) is 9.59 Å². The lowest BCUT2D eigenvalue weighted by Gasteiger charge is -2.44. The number of carbonyl (C=O) groups excluding carboxylic acids is 2. The zero-order valence-electron chi connectivity index (χ0n) is 24.1. The van der Waals surface area contributed by atoms with Crippen molar-refractivity contribution in [2.45, 2.75) is 44.7 Å². The molecule has 2 amide bonds. The Morgan fingerprint density at radius 2 is 1.74 bits per heavy atom. The van der Waals surface area contributed by atoms with Gasteiger partial charge in [0.1, 0.15) is 10.8 Å². The lowest BCUT2D eigenvalue weighted by Crippen LogP contribution is -2.61. The van der Waals surface area contributed by atoms with E-state index in [2.05, 4.69) is 41.7 Å². The second-order valence-corrected chi connectivity index (χ2v) is 11.9. The van der Waals surface area contributed by atoms with Crippen molar-refractivity contribution in [1.82, 2.24) is 15.1 Å². The van der Waals surface area contributed by atoms with Crippen LogP contribution in [0.25, 0.3) is 5.57 Å². The highest BCUT2D eigenvalue weighted by Gasteiger charge is 2.39. The molecule has 1 N–H and O–H groups in total. The van der Waals surface area contributed by atoms with E-state index in [0.717, 1.165) is 36.0 Å². The third kappa shape index (κ3) is 7.17. The summed E-state index contributed by atoms with van der Waals surface area (Å²) in [4.78, 5) is 30.0. The van der Waals surface area contributed by atoms with E-state index in [0.29, 0.717) is 48.5 Å². The molecule has 220 valence electrons. The maximum atomic E-state index is 14.0. The average Bonchev–Trinajstić information content (AvgIpc) is 3.00. The normalized spacial score (nSPS) is 18.1. The molecule has 1 fully saturated rings. The van der Waals surface area contributed by atoms with Crippen LogP contribution in [0.2, 0.25) is 10.0 Å². The first-order valence-electron chi connectivity index (χ1n) is 14.5. The number of likely N-dealkylation sites (N-methyl/N-ethyl adjacent to an activating group) is 1. The number of hydrogen-bond donors (Lipinski definition) is 1. The molecule has 5 rings (SSSR count). The molecule has 8 heteroatoms. The fourth-order valence-electron chi connectivity index (χ4n) is 5.84. The summed E-state index contributed by atoms with van der Waals surface area (Å²) in [6.45, 7) is 3.86. The van der Waals surface area contributed by atoms with Gasteiger partial charge < -0.3 is 19.9 Å². The molecule has 2 heterocycles. The van der Waals surface area contributed by atoms with Crippen LogP contribution in [0.4, 0.5) is 0 Å². The Bertz CT molecular complexity index is 1460. The van der Waals surface area contributed by atoms with Crippen LogP contribution in [-0.2, 0) is 22.4 Å². The molecule has 0 spiro atoms. The third-order valence-electron chi connectivity index (χ3n) is 8.06. The minimum absolute atomic E-state index is 0.0134. The summed E-state index contributed by atoms with van der Waals surface area (Å²) < 4.78 is 5.88. The molecule has 1 saturated heterocycles. The summed E-state index contributed by atoms with van der Waals surface area (Å²) in [7, 11) is 1.87. The highest BCUT2D eigenvalue weighted by atomic mass is 35.5. The smallest absolute Gasteiger partial charge is 0.251 e. The first-order chi connectivity index (χ1) is 20.3. The molecule has 0 unspecified atom stereocenters. The molecular weight excluding hydrogens is 569 g/mol. The predicted molar refractivity (Wildman–Crippen MR) is 169 cm³/mol. The van der Waals surface area contributed by atoms with Crippen molar-refractivity contribution in [2.24, 2.45) is 0 Å².